The van der Waals surface area contributed by atoms with E-state index >= 15 is 0 Å². The molecule has 0 spiro atoms. The molecule has 0 N–H and O–H groups in total. The fraction of sp³-hybridized carbons (Fsp3) is 0.364. The van der Waals surface area contributed by atoms with Crippen molar-refractivity contribution in [1.29, 1.82) is 0 Å². The Kier molecular flexibility index (Phi) is 4.34. The van der Waals surface area contributed by atoms with E-state index in [2.05, 4.69) is 4.74 Å². The Morgan fingerprint density at radius 2 is 1.88 bits per heavy atom. The normalized spacial score (nSPS) is 13.2. The second-order valence-corrected chi connectivity index (χ2v) is 4.84. The Labute approximate surface area is 100 Å². The zero-order valence-electron chi connectivity index (χ0n) is 9.41. The molecule has 94 valence electrons. The van der Waals surface area contributed by atoms with Crippen molar-refractivity contribution in [1.82, 2.24) is 0 Å². The molecular weight excluding hydrogens is 250 g/mol. The quantitative estimate of drug-likeness (QED) is 0.782. The topological polar surface area (TPSA) is 43.4 Å². The first-order valence-corrected chi connectivity index (χ1v) is 6.08. The van der Waals surface area contributed by atoms with E-state index in [9.17, 15) is 17.8 Å². The molecule has 0 saturated heterocycles. The Morgan fingerprint density at radius 3 is 2.35 bits per heavy atom. The van der Waals surface area contributed by atoms with Crippen LogP contribution in [0.3, 0.4) is 0 Å². The minimum atomic E-state index is -4.02. The number of aryl methyl sites for hydroxylation is 1. The SMILES string of the molecule is CCOC(=O)C(F)(F)S(=O)c1ccc(C)cc1. The summed E-state index contributed by atoms with van der Waals surface area (Å²) in [6.07, 6.45) is 0. The van der Waals surface area contributed by atoms with Gasteiger partial charge in [0.05, 0.1) is 6.61 Å². The Morgan fingerprint density at radius 1 is 1.35 bits per heavy atom. The van der Waals surface area contributed by atoms with Gasteiger partial charge in [-0.3, -0.25) is 0 Å². The van der Waals surface area contributed by atoms with Gasteiger partial charge in [-0.15, -0.1) is 0 Å². The van der Waals surface area contributed by atoms with Crippen LogP contribution in [0.5, 0.6) is 0 Å². The highest BCUT2D eigenvalue weighted by Gasteiger charge is 2.48. The Balaban J connectivity index is 2.95. The predicted octanol–water partition coefficient (Wildman–Crippen LogP) is 2.26. The van der Waals surface area contributed by atoms with E-state index in [0.717, 1.165) is 5.56 Å². The summed E-state index contributed by atoms with van der Waals surface area (Å²) in [5.41, 5.74) is 0.852. The van der Waals surface area contributed by atoms with Crippen LogP contribution in [0, 0.1) is 6.92 Å². The number of esters is 1. The highest BCUT2D eigenvalue weighted by atomic mass is 32.2. The summed E-state index contributed by atoms with van der Waals surface area (Å²) in [6.45, 7) is 3.00. The van der Waals surface area contributed by atoms with Crippen LogP contribution in [-0.4, -0.2) is 22.0 Å². The molecule has 0 radical (unpaired) electrons. The zero-order chi connectivity index (χ0) is 13.1. The third kappa shape index (κ3) is 3.09. The maximum atomic E-state index is 13.4. The van der Waals surface area contributed by atoms with Gasteiger partial charge in [0.1, 0.15) is 10.8 Å². The average molecular weight is 262 g/mol. The van der Waals surface area contributed by atoms with Crippen LogP contribution in [0.1, 0.15) is 12.5 Å². The summed E-state index contributed by atoms with van der Waals surface area (Å²) in [6, 6.07) is 5.71. The number of hydrogen-bond acceptors (Lipinski definition) is 3. The zero-order valence-corrected chi connectivity index (χ0v) is 10.2. The van der Waals surface area contributed by atoms with E-state index in [1.54, 1.807) is 19.1 Å². The highest BCUT2D eigenvalue weighted by Crippen LogP contribution is 2.26. The van der Waals surface area contributed by atoms with Crippen molar-refractivity contribution in [2.75, 3.05) is 6.61 Å². The van der Waals surface area contributed by atoms with E-state index < -0.39 is 22.0 Å². The van der Waals surface area contributed by atoms with Crippen molar-refractivity contribution in [3.8, 4) is 0 Å². The van der Waals surface area contributed by atoms with Crippen molar-refractivity contribution in [3.05, 3.63) is 29.8 Å². The predicted molar refractivity (Wildman–Crippen MR) is 59.2 cm³/mol. The minimum absolute atomic E-state index is 0.103. The van der Waals surface area contributed by atoms with Crippen LogP contribution in [0.2, 0.25) is 0 Å². The molecule has 0 amide bonds. The van der Waals surface area contributed by atoms with Crippen LogP contribution in [-0.2, 0) is 20.3 Å². The van der Waals surface area contributed by atoms with Crippen molar-refractivity contribution in [2.24, 2.45) is 0 Å². The number of ether oxygens (including phenoxy) is 1. The molecule has 0 aliphatic heterocycles. The second kappa shape index (κ2) is 5.35. The Hall–Kier alpha value is -1.30. The molecule has 1 atom stereocenters. The molecule has 3 nitrogen and oxygen atoms in total. The molecular formula is C11H12F2O3S. The molecule has 17 heavy (non-hydrogen) atoms. The van der Waals surface area contributed by atoms with Crippen molar-refractivity contribution in [2.45, 2.75) is 24.0 Å². The van der Waals surface area contributed by atoms with E-state index in [0.29, 0.717) is 0 Å². The van der Waals surface area contributed by atoms with Crippen molar-refractivity contribution < 1.29 is 22.5 Å². The summed E-state index contributed by atoms with van der Waals surface area (Å²) < 4.78 is 42.6. The molecule has 1 aromatic carbocycles. The van der Waals surface area contributed by atoms with Crippen LogP contribution >= 0.6 is 0 Å². The maximum absolute atomic E-state index is 13.4. The third-order valence-electron chi connectivity index (χ3n) is 1.98. The number of carbonyl (C=O) groups excluding carboxylic acids is 1. The number of carbonyl (C=O) groups is 1. The van der Waals surface area contributed by atoms with Crippen LogP contribution in [0.15, 0.2) is 29.2 Å². The fourth-order valence-corrected chi connectivity index (χ4v) is 1.99. The maximum Gasteiger partial charge on any atom is 0.420 e. The van der Waals surface area contributed by atoms with E-state index in [-0.39, 0.29) is 11.5 Å². The molecule has 0 heterocycles. The van der Waals surface area contributed by atoms with Gasteiger partial charge in [0.25, 0.3) is 0 Å². The lowest BCUT2D eigenvalue weighted by molar-refractivity contribution is -0.159. The van der Waals surface area contributed by atoms with Gasteiger partial charge in [0.2, 0.25) is 0 Å². The van der Waals surface area contributed by atoms with Gasteiger partial charge in [-0.1, -0.05) is 17.7 Å². The molecule has 0 aliphatic rings. The van der Waals surface area contributed by atoms with E-state index in [4.69, 9.17) is 0 Å². The van der Waals surface area contributed by atoms with E-state index in [1.807, 2.05) is 0 Å². The summed E-state index contributed by atoms with van der Waals surface area (Å²) in [5.74, 6) is -1.76. The standard InChI is InChI=1S/C11H12F2O3S/c1-3-16-10(14)11(12,13)17(15)9-6-4-8(2)5-7-9/h4-7H,3H2,1-2H3. The van der Waals surface area contributed by atoms with Crippen LogP contribution in [0.4, 0.5) is 8.78 Å². The number of alkyl halides is 2. The molecule has 0 bridgehead atoms. The van der Waals surface area contributed by atoms with Crippen LogP contribution < -0.4 is 0 Å². The minimum Gasteiger partial charge on any atom is -0.461 e. The highest BCUT2D eigenvalue weighted by molar-refractivity contribution is 7.87. The smallest absolute Gasteiger partial charge is 0.420 e. The lowest BCUT2D eigenvalue weighted by Crippen LogP contribution is -2.35. The Bertz CT molecular complexity index is 429. The lowest BCUT2D eigenvalue weighted by atomic mass is 10.2. The van der Waals surface area contributed by atoms with Gasteiger partial charge in [-0.25, -0.2) is 9.00 Å². The molecule has 0 saturated carbocycles. The molecule has 1 aromatic rings. The molecule has 1 rings (SSSR count). The third-order valence-corrected chi connectivity index (χ3v) is 3.31. The second-order valence-electron chi connectivity index (χ2n) is 3.32. The first-order valence-electron chi connectivity index (χ1n) is 4.93. The molecule has 0 fully saturated rings. The monoisotopic (exact) mass is 262 g/mol. The fourth-order valence-electron chi connectivity index (χ4n) is 1.10. The van der Waals surface area contributed by atoms with Gasteiger partial charge >= 0.3 is 11.2 Å². The molecule has 6 heteroatoms. The van der Waals surface area contributed by atoms with Crippen molar-refractivity contribution >= 4 is 16.8 Å². The molecule has 0 aromatic heterocycles. The number of hydrogen-bond donors (Lipinski definition) is 0. The summed E-state index contributed by atoms with van der Waals surface area (Å²) in [7, 11) is -2.74. The molecule has 1 unspecified atom stereocenters. The van der Waals surface area contributed by atoms with E-state index in [1.165, 1.54) is 19.1 Å². The van der Waals surface area contributed by atoms with Gasteiger partial charge in [-0.2, -0.15) is 8.78 Å². The summed E-state index contributed by atoms with van der Waals surface area (Å²) in [4.78, 5) is 10.9. The van der Waals surface area contributed by atoms with Crippen molar-refractivity contribution in [3.63, 3.8) is 0 Å². The summed E-state index contributed by atoms with van der Waals surface area (Å²) >= 11 is 0. The number of benzene rings is 1. The van der Waals surface area contributed by atoms with Gasteiger partial charge in [-0.05, 0) is 26.0 Å². The van der Waals surface area contributed by atoms with Gasteiger partial charge < -0.3 is 4.74 Å². The molecule has 0 aliphatic carbocycles. The number of rotatable bonds is 4. The van der Waals surface area contributed by atoms with Crippen LogP contribution in [0.25, 0.3) is 0 Å². The number of halogens is 2. The first-order chi connectivity index (χ1) is 7.89. The first kappa shape index (κ1) is 13.8. The average Bonchev–Trinajstić information content (AvgIpc) is 2.29. The largest absolute Gasteiger partial charge is 0.461 e. The van der Waals surface area contributed by atoms with Gasteiger partial charge in [0, 0.05) is 4.90 Å². The lowest BCUT2D eigenvalue weighted by Gasteiger charge is -2.14. The summed E-state index contributed by atoms with van der Waals surface area (Å²) in [5, 5.41) is -4.02. The van der Waals surface area contributed by atoms with Gasteiger partial charge in [0.15, 0.2) is 0 Å².